The Morgan fingerprint density at radius 2 is 1.27 bits per heavy atom. The van der Waals surface area contributed by atoms with E-state index in [2.05, 4.69) is 19.6 Å². The number of hydrogen-bond donors (Lipinski definition) is 0. The van der Waals surface area contributed by atoms with E-state index in [1.54, 1.807) is 0 Å². The highest BCUT2D eigenvalue weighted by Gasteiger charge is 2.53. The fourth-order valence-electron chi connectivity index (χ4n) is 2.70. The largest absolute Gasteiger partial charge is 0.463 e. The third-order valence-corrected chi connectivity index (χ3v) is 7.08. The minimum atomic E-state index is -1.79. The van der Waals surface area contributed by atoms with Crippen LogP contribution in [0, 0.1) is 0 Å². The molecular formula is C19H32O10Si. The van der Waals surface area contributed by atoms with Crippen molar-refractivity contribution < 1.29 is 47.6 Å². The van der Waals surface area contributed by atoms with Gasteiger partial charge in [0, 0.05) is 33.4 Å². The second kappa shape index (κ2) is 10.9. The van der Waals surface area contributed by atoms with E-state index in [0.717, 1.165) is 0 Å². The monoisotopic (exact) mass is 448 g/mol. The van der Waals surface area contributed by atoms with Crippen molar-refractivity contribution in [1.29, 1.82) is 0 Å². The van der Waals surface area contributed by atoms with Crippen LogP contribution in [0.3, 0.4) is 0 Å². The summed E-state index contributed by atoms with van der Waals surface area (Å²) in [4.78, 5) is 46.5. The highest BCUT2D eigenvalue weighted by Crippen LogP contribution is 2.31. The lowest BCUT2D eigenvalue weighted by Gasteiger charge is -2.45. The first kappa shape index (κ1) is 26.1. The Balaban J connectivity index is 3.35. The van der Waals surface area contributed by atoms with Crippen LogP contribution < -0.4 is 0 Å². The maximum atomic E-state index is 11.8. The molecule has 0 N–H and O–H groups in total. The van der Waals surface area contributed by atoms with Crippen LogP contribution in [0.15, 0.2) is 0 Å². The number of rotatable bonds is 8. The van der Waals surface area contributed by atoms with Gasteiger partial charge in [0.05, 0.1) is 8.07 Å². The van der Waals surface area contributed by atoms with E-state index in [1.165, 1.54) is 27.7 Å². The van der Waals surface area contributed by atoms with Gasteiger partial charge in [0.1, 0.15) is 12.7 Å². The van der Waals surface area contributed by atoms with Crippen LogP contribution in [0.5, 0.6) is 0 Å². The van der Waals surface area contributed by atoms with E-state index in [4.69, 9.17) is 28.4 Å². The zero-order chi connectivity index (χ0) is 23.2. The quantitative estimate of drug-likeness (QED) is 0.305. The van der Waals surface area contributed by atoms with Crippen molar-refractivity contribution in [3.63, 3.8) is 0 Å². The van der Waals surface area contributed by atoms with Gasteiger partial charge in [-0.2, -0.15) is 0 Å². The maximum absolute atomic E-state index is 11.8. The SMILES string of the molecule is CC(=O)OC[C@H]1O[C@@H](OC(C)[Si](C)(C)C)[C@H](OC(C)=O)[C@@H](OC(C)=O)[C@H]1OC(C)=O. The molecule has 1 unspecified atom stereocenters. The van der Waals surface area contributed by atoms with Crippen LogP contribution in [-0.4, -0.2) is 75.0 Å². The predicted octanol–water partition coefficient (Wildman–Crippen LogP) is 1.35. The molecule has 0 aromatic rings. The van der Waals surface area contributed by atoms with E-state index in [0.29, 0.717) is 0 Å². The molecule has 6 atom stereocenters. The zero-order valence-electron chi connectivity index (χ0n) is 18.8. The van der Waals surface area contributed by atoms with Gasteiger partial charge in [-0.25, -0.2) is 0 Å². The molecule has 0 aromatic carbocycles. The number of carbonyl (C=O) groups excluding carboxylic acids is 4. The Labute approximate surface area is 177 Å². The summed E-state index contributed by atoms with van der Waals surface area (Å²) >= 11 is 0. The average Bonchev–Trinajstić information content (AvgIpc) is 2.56. The van der Waals surface area contributed by atoms with Gasteiger partial charge in [-0.3, -0.25) is 19.2 Å². The summed E-state index contributed by atoms with van der Waals surface area (Å²) in [5.74, 6) is -2.58. The van der Waals surface area contributed by atoms with E-state index >= 15 is 0 Å². The molecule has 0 aliphatic carbocycles. The number of ether oxygens (including phenoxy) is 6. The molecule has 0 aromatic heterocycles. The molecule has 172 valence electrons. The van der Waals surface area contributed by atoms with Crippen molar-refractivity contribution in [2.45, 2.75) is 90.7 Å². The molecule has 0 saturated carbocycles. The van der Waals surface area contributed by atoms with Crippen molar-refractivity contribution in [2.24, 2.45) is 0 Å². The van der Waals surface area contributed by atoms with E-state index in [1.807, 2.05) is 6.92 Å². The summed E-state index contributed by atoms with van der Waals surface area (Å²) in [6.45, 7) is 12.6. The first-order chi connectivity index (χ1) is 13.7. The molecule has 11 heteroatoms. The summed E-state index contributed by atoms with van der Waals surface area (Å²) in [6.07, 6.45) is -5.73. The second-order valence-corrected chi connectivity index (χ2v) is 13.8. The molecule has 0 amide bonds. The molecule has 0 radical (unpaired) electrons. The van der Waals surface area contributed by atoms with Crippen LogP contribution in [0.4, 0.5) is 0 Å². The lowest BCUT2D eigenvalue weighted by atomic mass is 9.98. The minimum absolute atomic E-state index is 0.224. The van der Waals surface area contributed by atoms with Crippen LogP contribution in [0.2, 0.25) is 19.6 Å². The first-order valence-corrected chi connectivity index (χ1v) is 13.3. The van der Waals surface area contributed by atoms with Gasteiger partial charge in [0.15, 0.2) is 24.6 Å². The lowest BCUT2D eigenvalue weighted by Crippen LogP contribution is -2.64. The molecular weight excluding hydrogens is 416 g/mol. The average molecular weight is 449 g/mol. The Kier molecular flexibility index (Phi) is 9.44. The highest BCUT2D eigenvalue weighted by atomic mass is 28.3. The molecule has 1 fully saturated rings. The molecule has 30 heavy (non-hydrogen) atoms. The Hall–Kier alpha value is -1.98. The third-order valence-electron chi connectivity index (χ3n) is 4.51. The number of esters is 4. The predicted molar refractivity (Wildman–Crippen MR) is 106 cm³/mol. The van der Waals surface area contributed by atoms with Crippen molar-refractivity contribution >= 4 is 32.0 Å². The van der Waals surface area contributed by atoms with Gasteiger partial charge in [-0.1, -0.05) is 19.6 Å². The molecule has 1 saturated heterocycles. The summed E-state index contributed by atoms with van der Waals surface area (Å²) < 4.78 is 33.1. The second-order valence-electron chi connectivity index (χ2n) is 8.21. The molecule has 1 rings (SSSR count). The highest BCUT2D eigenvalue weighted by molar-refractivity contribution is 6.77. The van der Waals surface area contributed by atoms with Gasteiger partial charge in [0.25, 0.3) is 0 Å². The van der Waals surface area contributed by atoms with E-state index < -0.39 is 62.7 Å². The van der Waals surface area contributed by atoms with Crippen LogP contribution in [0.1, 0.15) is 34.6 Å². The van der Waals surface area contributed by atoms with Crippen molar-refractivity contribution in [2.75, 3.05) is 6.61 Å². The topological polar surface area (TPSA) is 124 Å². The summed E-state index contributed by atoms with van der Waals surface area (Å²) in [6, 6.07) is 0. The summed E-state index contributed by atoms with van der Waals surface area (Å²) in [7, 11) is -1.79. The van der Waals surface area contributed by atoms with E-state index in [9.17, 15) is 19.2 Å². The normalized spacial score (nSPS) is 27.5. The summed E-state index contributed by atoms with van der Waals surface area (Å²) in [5.41, 5.74) is -0.224. The number of hydrogen-bond acceptors (Lipinski definition) is 10. The van der Waals surface area contributed by atoms with Crippen molar-refractivity contribution in [3.8, 4) is 0 Å². The van der Waals surface area contributed by atoms with Crippen molar-refractivity contribution in [1.82, 2.24) is 0 Å². The smallest absolute Gasteiger partial charge is 0.303 e. The lowest BCUT2D eigenvalue weighted by molar-refractivity contribution is -0.311. The summed E-state index contributed by atoms with van der Waals surface area (Å²) in [5, 5.41) is 0. The Morgan fingerprint density at radius 1 is 0.800 bits per heavy atom. The fourth-order valence-corrected chi connectivity index (χ4v) is 3.25. The van der Waals surface area contributed by atoms with Gasteiger partial charge < -0.3 is 28.4 Å². The molecule has 0 bridgehead atoms. The molecule has 1 heterocycles. The van der Waals surface area contributed by atoms with Gasteiger partial charge in [-0.05, 0) is 6.92 Å². The van der Waals surface area contributed by atoms with Crippen LogP contribution in [0.25, 0.3) is 0 Å². The Bertz CT molecular complexity index is 644. The van der Waals surface area contributed by atoms with Gasteiger partial charge in [-0.15, -0.1) is 0 Å². The number of carbonyl (C=O) groups is 4. The molecule has 0 spiro atoms. The fraction of sp³-hybridized carbons (Fsp3) is 0.789. The van der Waals surface area contributed by atoms with Crippen molar-refractivity contribution in [3.05, 3.63) is 0 Å². The molecule has 10 nitrogen and oxygen atoms in total. The molecule has 1 aliphatic heterocycles. The Morgan fingerprint density at radius 3 is 1.70 bits per heavy atom. The van der Waals surface area contributed by atoms with Gasteiger partial charge in [0.2, 0.25) is 0 Å². The van der Waals surface area contributed by atoms with Crippen LogP contribution in [-0.2, 0) is 47.6 Å². The standard InChI is InChI=1S/C19H32O10Si/c1-10(20)24-9-15-16(25-11(2)21)17(26-12(3)22)18(27-13(4)23)19(29-15)28-14(5)30(6,7)8/h14-19H,9H2,1-8H3/t14?,15-,16+,17+,18-,19-/m1/s1. The third kappa shape index (κ3) is 8.03. The van der Waals surface area contributed by atoms with Gasteiger partial charge >= 0.3 is 23.9 Å². The molecule has 1 aliphatic rings. The first-order valence-electron chi connectivity index (χ1n) is 9.68. The van der Waals surface area contributed by atoms with E-state index in [-0.39, 0.29) is 12.3 Å². The minimum Gasteiger partial charge on any atom is -0.463 e. The van der Waals surface area contributed by atoms with Crippen LogP contribution >= 0.6 is 0 Å². The maximum Gasteiger partial charge on any atom is 0.303 e. The zero-order valence-corrected chi connectivity index (χ0v) is 19.8.